The standard InChI is InChI=1S/C13H14ClINO/c1-13(2)11(8-15)17-12(16(13)3)9-4-6-10(14)7-5-9/h4-8H,1-3H3/q+1. The molecule has 4 heteroatoms. The van der Waals surface area contributed by atoms with Crippen LogP contribution in [0.2, 0.25) is 5.02 Å². The molecule has 2 nitrogen and oxygen atoms in total. The van der Waals surface area contributed by atoms with E-state index in [-0.39, 0.29) is 5.54 Å². The van der Waals surface area contributed by atoms with Gasteiger partial charge in [-0.25, -0.2) is 0 Å². The molecule has 90 valence electrons. The van der Waals surface area contributed by atoms with Gasteiger partial charge in [0.25, 0.3) is 0 Å². The van der Waals surface area contributed by atoms with E-state index in [9.17, 15) is 0 Å². The van der Waals surface area contributed by atoms with Crippen molar-refractivity contribution in [2.45, 2.75) is 19.4 Å². The largest absolute Gasteiger partial charge is 0.402 e. The molecule has 1 aromatic rings. The molecule has 0 aromatic heterocycles. The molecule has 0 spiro atoms. The topological polar surface area (TPSA) is 12.2 Å². The summed E-state index contributed by atoms with van der Waals surface area (Å²) in [4.78, 5) is 0. The molecule has 0 amide bonds. The van der Waals surface area contributed by atoms with E-state index in [0.717, 1.165) is 22.2 Å². The van der Waals surface area contributed by atoms with Crippen LogP contribution in [-0.2, 0) is 4.74 Å². The molecule has 0 radical (unpaired) electrons. The van der Waals surface area contributed by atoms with Crippen LogP contribution in [0, 0.1) is 0 Å². The molecule has 0 N–H and O–H groups in total. The Kier molecular flexibility index (Phi) is 3.50. The Morgan fingerprint density at radius 1 is 1.29 bits per heavy atom. The highest BCUT2D eigenvalue weighted by molar-refractivity contribution is 14.1. The molecule has 0 saturated heterocycles. The number of rotatable bonds is 1. The minimum atomic E-state index is -0.115. The van der Waals surface area contributed by atoms with E-state index in [1.54, 1.807) is 0 Å². The van der Waals surface area contributed by atoms with Gasteiger partial charge in [-0.15, -0.1) is 0 Å². The minimum Gasteiger partial charge on any atom is -0.402 e. The van der Waals surface area contributed by atoms with Crippen LogP contribution in [0.3, 0.4) is 0 Å². The van der Waals surface area contributed by atoms with Crippen LogP contribution in [0.15, 0.2) is 34.1 Å². The molecule has 1 aromatic carbocycles. The maximum Gasteiger partial charge on any atom is 0.375 e. The average Bonchev–Trinajstić information content (AvgIpc) is 2.52. The van der Waals surface area contributed by atoms with E-state index in [1.165, 1.54) is 0 Å². The summed E-state index contributed by atoms with van der Waals surface area (Å²) in [5, 5.41) is 0.735. The summed E-state index contributed by atoms with van der Waals surface area (Å²) < 4.78 is 10.0. The van der Waals surface area contributed by atoms with Gasteiger partial charge in [0.1, 0.15) is 7.05 Å². The number of hydrogen-bond donors (Lipinski definition) is 0. The number of ether oxygens (including phenoxy) is 1. The number of likely N-dealkylation sites (N-methyl/N-ethyl adjacent to an activating group) is 1. The van der Waals surface area contributed by atoms with Gasteiger partial charge >= 0.3 is 5.90 Å². The number of hydrogen-bond acceptors (Lipinski definition) is 1. The van der Waals surface area contributed by atoms with E-state index in [4.69, 9.17) is 16.3 Å². The first kappa shape index (κ1) is 12.9. The highest BCUT2D eigenvalue weighted by Gasteiger charge is 2.45. The van der Waals surface area contributed by atoms with Crippen molar-refractivity contribution >= 4 is 40.1 Å². The lowest BCUT2D eigenvalue weighted by molar-refractivity contribution is -0.556. The Balaban J connectivity index is 2.47. The first-order valence-corrected chi connectivity index (χ1v) is 6.94. The third-order valence-corrected chi connectivity index (χ3v) is 3.96. The second kappa shape index (κ2) is 4.61. The molecular formula is C13H14ClINO+. The molecule has 0 aliphatic carbocycles. The van der Waals surface area contributed by atoms with Crippen LogP contribution in [0.25, 0.3) is 0 Å². The van der Waals surface area contributed by atoms with Crippen LogP contribution in [0.1, 0.15) is 19.4 Å². The summed E-state index contributed by atoms with van der Waals surface area (Å²) in [5.41, 5.74) is 0.925. The lowest BCUT2D eigenvalue weighted by Gasteiger charge is -2.11. The van der Waals surface area contributed by atoms with E-state index in [2.05, 4.69) is 41.0 Å². The van der Waals surface area contributed by atoms with Crippen LogP contribution < -0.4 is 0 Å². The molecule has 0 bridgehead atoms. The van der Waals surface area contributed by atoms with E-state index < -0.39 is 0 Å². The predicted molar refractivity (Wildman–Crippen MR) is 79.0 cm³/mol. The maximum absolute atomic E-state index is 5.92. The van der Waals surface area contributed by atoms with Crippen LogP contribution in [0.4, 0.5) is 0 Å². The van der Waals surface area contributed by atoms with Gasteiger partial charge in [-0.1, -0.05) is 11.6 Å². The fraction of sp³-hybridized carbons (Fsp3) is 0.308. The highest BCUT2D eigenvalue weighted by atomic mass is 127. The number of nitrogens with zero attached hydrogens (tertiary/aromatic N) is 1. The molecule has 1 heterocycles. The van der Waals surface area contributed by atoms with E-state index in [1.807, 2.05) is 35.4 Å². The van der Waals surface area contributed by atoms with Crippen LogP contribution in [-0.4, -0.2) is 23.1 Å². The fourth-order valence-corrected chi connectivity index (χ4v) is 2.73. The summed E-state index contributed by atoms with van der Waals surface area (Å²) in [6.07, 6.45) is 0. The van der Waals surface area contributed by atoms with Crippen molar-refractivity contribution in [2.75, 3.05) is 7.05 Å². The Morgan fingerprint density at radius 3 is 2.35 bits per heavy atom. The molecule has 1 aliphatic rings. The van der Waals surface area contributed by atoms with Gasteiger partial charge in [-0.05, 0) is 46.9 Å². The zero-order valence-corrected chi connectivity index (χ0v) is 12.9. The number of benzene rings is 1. The Bertz CT molecular complexity index is 503. The first-order valence-electron chi connectivity index (χ1n) is 5.32. The van der Waals surface area contributed by atoms with Gasteiger partial charge in [0.2, 0.25) is 5.54 Å². The lowest BCUT2D eigenvalue weighted by Crippen LogP contribution is -2.32. The van der Waals surface area contributed by atoms with E-state index in [0.29, 0.717) is 0 Å². The van der Waals surface area contributed by atoms with Gasteiger partial charge < -0.3 is 4.74 Å². The molecule has 0 fully saturated rings. The molecule has 1 aliphatic heterocycles. The zero-order valence-electron chi connectivity index (χ0n) is 10.00. The minimum absolute atomic E-state index is 0.115. The van der Waals surface area contributed by atoms with Crippen molar-refractivity contribution < 1.29 is 9.31 Å². The van der Waals surface area contributed by atoms with E-state index >= 15 is 0 Å². The zero-order chi connectivity index (χ0) is 12.6. The third kappa shape index (κ3) is 2.22. The van der Waals surface area contributed by atoms with Gasteiger partial charge in [0.15, 0.2) is 5.76 Å². The summed E-state index contributed by atoms with van der Waals surface area (Å²) in [7, 11) is 2.04. The first-order chi connectivity index (χ1) is 7.96. The molecular weight excluding hydrogens is 349 g/mol. The average molecular weight is 363 g/mol. The van der Waals surface area contributed by atoms with Crippen molar-refractivity contribution in [3.63, 3.8) is 0 Å². The van der Waals surface area contributed by atoms with Crippen molar-refractivity contribution in [1.29, 1.82) is 0 Å². The van der Waals surface area contributed by atoms with Gasteiger partial charge in [0, 0.05) is 23.0 Å². The summed E-state index contributed by atoms with van der Waals surface area (Å²) in [5.74, 6) is 1.83. The summed E-state index contributed by atoms with van der Waals surface area (Å²) in [6, 6.07) is 7.69. The number of halogens is 2. The quantitative estimate of drug-likeness (QED) is 0.546. The van der Waals surface area contributed by atoms with Crippen molar-refractivity contribution in [3.05, 3.63) is 44.7 Å². The van der Waals surface area contributed by atoms with Crippen molar-refractivity contribution in [2.24, 2.45) is 0 Å². The SMILES string of the molecule is C[N+]1=C(c2ccc(Cl)cc2)OC(=CI)C1(C)C. The Labute approximate surface area is 120 Å². The second-order valence-electron chi connectivity index (χ2n) is 4.51. The van der Waals surface area contributed by atoms with Gasteiger partial charge in [-0.2, -0.15) is 4.58 Å². The molecule has 17 heavy (non-hydrogen) atoms. The Hall–Kier alpha value is -0.550. The molecule has 2 rings (SSSR count). The summed E-state index contributed by atoms with van der Waals surface area (Å²) >= 11 is 8.10. The molecule has 0 saturated carbocycles. The van der Waals surface area contributed by atoms with Gasteiger partial charge in [-0.3, -0.25) is 0 Å². The maximum atomic E-state index is 5.92. The third-order valence-electron chi connectivity index (χ3n) is 3.14. The van der Waals surface area contributed by atoms with Crippen molar-refractivity contribution in [3.8, 4) is 0 Å². The Morgan fingerprint density at radius 2 is 1.88 bits per heavy atom. The van der Waals surface area contributed by atoms with Crippen molar-refractivity contribution in [1.82, 2.24) is 0 Å². The normalized spacial score (nSPS) is 20.9. The van der Waals surface area contributed by atoms with Gasteiger partial charge in [0.05, 0.1) is 5.56 Å². The van der Waals surface area contributed by atoms with Crippen LogP contribution in [0.5, 0.6) is 0 Å². The lowest BCUT2D eigenvalue weighted by atomic mass is 10.0. The molecule has 0 unspecified atom stereocenters. The summed E-state index contributed by atoms with van der Waals surface area (Å²) in [6.45, 7) is 4.28. The monoisotopic (exact) mass is 362 g/mol. The highest BCUT2D eigenvalue weighted by Crippen LogP contribution is 2.30. The smallest absolute Gasteiger partial charge is 0.375 e. The van der Waals surface area contributed by atoms with Crippen LogP contribution >= 0.6 is 34.2 Å². The second-order valence-corrected chi connectivity index (χ2v) is 5.56. The molecule has 0 atom stereocenters. The predicted octanol–water partition coefficient (Wildman–Crippen LogP) is 3.81. The fourth-order valence-electron chi connectivity index (χ4n) is 1.72.